The number of methoxy groups -OCH3 is 1. The van der Waals surface area contributed by atoms with E-state index in [0.29, 0.717) is 24.3 Å². The molecule has 2 saturated heterocycles. The minimum Gasteiger partial charge on any atom is -0.496 e. The first kappa shape index (κ1) is 21.4. The summed E-state index contributed by atoms with van der Waals surface area (Å²) in [4.78, 5) is 40.3. The highest BCUT2D eigenvalue weighted by atomic mass is 32.2. The van der Waals surface area contributed by atoms with E-state index >= 15 is 0 Å². The summed E-state index contributed by atoms with van der Waals surface area (Å²) >= 11 is 0.765. The normalized spacial score (nSPS) is 22.3. The zero-order valence-electron chi connectivity index (χ0n) is 16.2. The van der Waals surface area contributed by atoms with Gasteiger partial charge in [-0.2, -0.15) is 0 Å². The van der Waals surface area contributed by atoms with Gasteiger partial charge in [0.05, 0.1) is 23.5 Å². The third-order valence-electron chi connectivity index (χ3n) is 4.90. The van der Waals surface area contributed by atoms with Gasteiger partial charge in [0, 0.05) is 18.2 Å². The van der Waals surface area contributed by atoms with Crippen molar-refractivity contribution in [3.05, 3.63) is 34.7 Å². The predicted octanol–water partition coefficient (Wildman–Crippen LogP) is 1.77. The van der Waals surface area contributed by atoms with Crippen LogP contribution in [0.1, 0.15) is 18.9 Å². The summed E-state index contributed by atoms with van der Waals surface area (Å²) < 4.78 is 28.7. The van der Waals surface area contributed by atoms with Crippen LogP contribution in [0.15, 0.2) is 29.2 Å². The zero-order chi connectivity index (χ0) is 21.2. The molecular weight excluding hydrogens is 416 g/mol. The number of rotatable bonds is 6. The minimum atomic E-state index is -3.15. The highest BCUT2D eigenvalue weighted by Gasteiger charge is 2.39. The molecule has 2 fully saturated rings. The lowest BCUT2D eigenvalue weighted by molar-refractivity contribution is -0.137. The summed E-state index contributed by atoms with van der Waals surface area (Å²) in [5, 5.41) is -0.528. The van der Waals surface area contributed by atoms with Gasteiger partial charge in [-0.05, 0) is 37.2 Å². The minimum absolute atomic E-state index is 0.0463. The van der Waals surface area contributed by atoms with Crippen LogP contribution in [-0.2, 0) is 19.4 Å². The van der Waals surface area contributed by atoms with E-state index in [1.807, 2.05) is 0 Å². The van der Waals surface area contributed by atoms with E-state index in [2.05, 4.69) is 0 Å². The van der Waals surface area contributed by atoms with Crippen molar-refractivity contribution in [1.29, 1.82) is 0 Å². The Kier molecular flexibility index (Phi) is 6.33. The molecular formula is C19H22N2O6S2. The Morgan fingerprint density at radius 3 is 2.69 bits per heavy atom. The smallest absolute Gasteiger partial charge is 0.294 e. The molecule has 1 unspecified atom stereocenters. The number of hydrogen-bond acceptors (Lipinski definition) is 7. The quantitative estimate of drug-likeness (QED) is 0.624. The number of ether oxygens (including phenoxy) is 1. The summed E-state index contributed by atoms with van der Waals surface area (Å²) in [6.07, 6.45) is 1.94. The van der Waals surface area contributed by atoms with Gasteiger partial charge >= 0.3 is 0 Å². The lowest BCUT2D eigenvalue weighted by Gasteiger charge is -2.28. The van der Waals surface area contributed by atoms with Gasteiger partial charge in [-0.3, -0.25) is 19.3 Å². The van der Waals surface area contributed by atoms with E-state index in [9.17, 15) is 22.8 Å². The molecule has 29 heavy (non-hydrogen) atoms. The van der Waals surface area contributed by atoms with Crippen molar-refractivity contribution < 1.29 is 27.5 Å². The molecule has 0 bridgehead atoms. The van der Waals surface area contributed by atoms with Gasteiger partial charge in [-0.1, -0.05) is 18.2 Å². The molecule has 3 amide bonds. The summed E-state index contributed by atoms with van der Waals surface area (Å²) in [6, 6.07) is 6.67. The van der Waals surface area contributed by atoms with Crippen molar-refractivity contribution in [3.8, 4) is 5.75 Å². The second kappa shape index (κ2) is 8.58. The summed E-state index contributed by atoms with van der Waals surface area (Å²) in [5.41, 5.74) is 0.651. The van der Waals surface area contributed by atoms with Gasteiger partial charge in [-0.15, -0.1) is 0 Å². The van der Waals surface area contributed by atoms with Crippen LogP contribution in [-0.4, -0.2) is 73.0 Å². The second-order valence-electron chi connectivity index (χ2n) is 6.75. The number of imide groups is 1. The highest BCUT2D eigenvalue weighted by Crippen LogP contribution is 2.34. The van der Waals surface area contributed by atoms with Crippen molar-refractivity contribution in [2.45, 2.75) is 19.4 Å². The average Bonchev–Trinajstić information content (AvgIpc) is 3.16. The van der Waals surface area contributed by atoms with Crippen LogP contribution in [0, 0.1) is 0 Å². The summed E-state index contributed by atoms with van der Waals surface area (Å²) in [7, 11) is -1.64. The van der Waals surface area contributed by atoms with Crippen LogP contribution in [0.2, 0.25) is 0 Å². The molecule has 1 aromatic rings. The van der Waals surface area contributed by atoms with Crippen LogP contribution in [0.25, 0.3) is 6.08 Å². The Morgan fingerprint density at radius 2 is 2.07 bits per heavy atom. The van der Waals surface area contributed by atoms with Crippen LogP contribution in [0.4, 0.5) is 4.79 Å². The average molecular weight is 439 g/mol. The molecule has 0 aliphatic carbocycles. The van der Waals surface area contributed by atoms with Crippen LogP contribution in [0.5, 0.6) is 5.75 Å². The van der Waals surface area contributed by atoms with Gasteiger partial charge < -0.3 is 9.64 Å². The van der Waals surface area contributed by atoms with Gasteiger partial charge in [0.25, 0.3) is 11.1 Å². The summed E-state index contributed by atoms with van der Waals surface area (Å²) in [5.74, 6) is -0.452. The van der Waals surface area contributed by atoms with Gasteiger partial charge in [0.2, 0.25) is 5.91 Å². The van der Waals surface area contributed by atoms with Crippen LogP contribution >= 0.6 is 11.8 Å². The van der Waals surface area contributed by atoms with Gasteiger partial charge in [0.15, 0.2) is 9.84 Å². The summed E-state index contributed by atoms with van der Waals surface area (Å²) in [6.45, 7) is 1.66. The number of likely N-dealkylation sites (N-methyl/N-ethyl adjacent to an activating group) is 1. The molecule has 0 saturated carbocycles. The predicted molar refractivity (Wildman–Crippen MR) is 110 cm³/mol. The molecule has 2 aliphatic heterocycles. The molecule has 1 atom stereocenters. The molecule has 2 aliphatic rings. The topological polar surface area (TPSA) is 101 Å². The number of benzene rings is 1. The number of amides is 3. The third kappa shape index (κ3) is 4.64. The first-order valence-electron chi connectivity index (χ1n) is 9.14. The molecule has 0 spiro atoms. The van der Waals surface area contributed by atoms with E-state index in [4.69, 9.17) is 4.74 Å². The highest BCUT2D eigenvalue weighted by molar-refractivity contribution is 8.18. The lowest BCUT2D eigenvalue weighted by atomic mass is 10.2. The molecule has 10 heteroatoms. The van der Waals surface area contributed by atoms with E-state index in [0.717, 1.165) is 16.7 Å². The maximum Gasteiger partial charge on any atom is 0.294 e. The fourth-order valence-electron chi connectivity index (χ4n) is 3.45. The van der Waals surface area contributed by atoms with Crippen molar-refractivity contribution in [2.24, 2.45) is 0 Å². The molecule has 2 heterocycles. The third-order valence-corrected chi connectivity index (χ3v) is 7.56. The Balaban J connectivity index is 1.74. The largest absolute Gasteiger partial charge is 0.496 e. The standard InChI is InChI=1S/C19H22N2O6S2/c1-3-20(14-8-9-29(25,26)12-14)17(22)11-21-18(23)16(28-19(21)24)10-13-6-4-5-7-15(13)27-2/h4-7,10,14H,3,8-9,11-12H2,1-2H3/b16-10+. The SMILES string of the molecule is CCN(C(=O)CN1C(=O)S/C(=C/c2ccccc2OC)C1=O)C1CCS(=O)(=O)C1. The lowest BCUT2D eigenvalue weighted by Crippen LogP contribution is -2.47. The molecule has 1 aromatic carbocycles. The second-order valence-corrected chi connectivity index (χ2v) is 9.97. The van der Waals surface area contributed by atoms with E-state index in [1.54, 1.807) is 37.3 Å². The van der Waals surface area contributed by atoms with Crippen molar-refractivity contribution >= 4 is 44.7 Å². The zero-order valence-corrected chi connectivity index (χ0v) is 17.8. The van der Waals surface area contributed by atoms with E-state index < -0.39 is 39.5 Å². The Bertz CT molecular complexity index is 973. The number of hydrogen-bond donors (Lipinski definition) is 0. The molecule has 8 nitrogen and oxygen atoms in total. The van der Waals surface area contributed by atoms with E-state index in [-0.39, 0.29) is 16.4 Å². The molecule has 0 N–H and O–H groups in total. The molecule has 0 radical (unpaired) electrons. The maximum atomic E-state index is 12.7. The fourth-order valence-corrected chi connectivity index (χ4v) is 6.01. The Hall–Kier alpha value is -2.33. The van der Waals surface area contributed by atoms with Crippen molar-refractivity contribution in [3.63, 3.8) is 0 Å². The Labute approximate surface area is 173 Å². The number of carbonyl (C=O) groups is 3. The number of sulfone groups is 1. The fraction of sp³-hybridized carbons (Fsp3) is 0.421. The van der Waals surface area contributed by atoms with Crippen molar-refractivity contribution in [2.75, 3.05) is 31.7 Å². The van der Waals surface area contributed by atoms with Crippen LogP contribution in [0.3, 0.4) is 0 Å². The van der Waals surface area contributed by atoms with Crippen molar-refractivity contribution in [1.82, 2.24) is 9.80 Å². The number of carbonyl (C=O) groups excluding carboxylic acids is 3. The first-order chi connectivity index (χ1) is 13.8. The van der Waals surface area contributed by atoms with E-state index in [1.165, 1.54) is 12.0 Å². The molecule has 3 rings (SSSR count). The monoisotopic (exact) mass is 438 g/mol. The first-order valence-corrected chi connectivity index (χ1v) is 11.8. The maximum absolute atomic E-state index is 12.7. The number of thioether (sulfide) groups is 1. The molecule has 0 aromatic heterocycles. The van der Waals surface area contributed by atoms with Crippen LogP contribution < -0.4 is 4.74 Å². The van der Waals surface area contributed by atoms with Gasteiger partial charge in [-0.25, -0.2) is 8.42 Å². The number of nitrogens with zero attached hydrogens (tertiary/aromatic N) is 2. The number of para-hydroxylation sites is 1. The van der Waals surface area contributed by atoms with Gasteiger partial charge in [0.1, 0.15) is 12.3 Å². The Morgan fingerprint density at radius 1 is 1.34 bits per heavy atom. The molecule has 156 valence electrons.